The lowest BCUT2D eigenvalue weighted by Gasteiger charge is -2.12. The van der Waals surface area contributed by atoms with E-state index in [1.165, 1.54) is 0 Å². The van der Waals surface area contributed by atoms with Crippen LogP contribution in [0.4, 0.5) is 0 Å². The number of methoxy groups -OCH3 is 2. The van der Waals surface area contributed by atoms with Crippen LogP contribution >= 0.6 is 0 Å². The maximum Gasteiger partial charge on any atom is 0.0961 e. The van der Waals surface area contributed by atoms with Crippen LogP contribution < -0.4 is 0 Å². The van der Waals surface area contributed by atoms with Gasteiger partial charge in [0.1, 0.15) is 0 Å². The monoisotopic (exact) mass is 131 g/mol. The fraction of sp³-hybridized carbons (Fsp3) is 0.857. The van der Waals surface area contributed by atoms with E-state index in [1.54, 1.807) is 14.2 Å². The van der Waals surface area contributed by atoms with Crippen LogP contribution in [0.2, 0.25) is 0 Å². The highest BCUT2D eigenvalue weighted by molar-refractivity contribution is 4.73. The first-order valence-electron chi connectivity index (χ1n) is 3.10. The van der Waals surface area contributed by atoms with E-state index in [2.05, 4.69) is 0 Å². The van der Waals surface area contributed by atoms with Gasteiger partial charge in [-0.2, -0.15) is 0 Å². The van der Waals surface area contributed by atoms with E-state index >= 15 is 0 Å². The van der Waals surface area contributed by atoms with Gasteiger partial charge in [0.2, 0.25) is 0 Å². The molecule has 2 heteroatoms. The Bertz CT molecular complexity index is 55.9. The van der Waals surface area contributed by atoms with Gasteiger partial charge in [0, 0.05) is 20.6 Å². The first-order chi connectivity index (χ1) is 4.20. The highest BCUT2D eigenvalue weighted by Gasteiger charge is 2.06. The van der Waals surface area contributed by atoms with Gasteiger partial charge in [-0.3, -0.25) is 0 Å². The smallest absolute Gasteiger partial charge is 0.0961 e. The second kappa shape index (κ2) is 4.77. The molecule has 0 rings (SSSR count). The molecular formula is C7H15O2. The average Bonchev–Trinajstić information content (AvgIpc) is 1.87. The normalized spacial score (nSPS) is 14.3. The molecule has 0 bridgehead atoms. The van der Waals surface area contributed by atoms with Crippen molar-refractivity contribution >= 4 is 0 Å². The van der Waals surface area contributed by atoms with Gasteiger partial charge in [-0.25, -0.2) is 0 Å². The van der Waals surface area contributed by atoms with Gasteiger partial charge in [0.15, 0.2) is 0 Å². The number of rotatable bonds is 4. The van der Waals surface area contributed by atoms with Crippen LogP contribution in [0.15, 0.2) is 0 Å². The fourth-order valence-electron chi connectivity index (χ4n) is 0.571. The van der Waals surface area contributed by atoms with E-state index in [0.717, 1.165) is 12.5 Å². The zero-order valence-corrected chi connectivity index (χ0v) is 6.60. The molecule has 0 N–H and O–H groups in total. The summed E-state index contributed by atoms with van der Waals surface area (Å²) in [6, 6.07) is 0. The largest absolute Gasteiger partial charge is 0.382 e. The molecule has 0 amide bonds. The first-order valence-corrected chi connectivity index (χ1v) is 3.10. The minimum Gasteiger partial charge on any atom is -0.382 e. The van der Waals surface area contributed by atoms with Crippen molar-refractivity contribution in [1.82, 2.24) is 0 Å². The van der Waals surface area contributed by atoms with Gasteiger partial charge in [0.05, 0.1) is 12.2 Å². The molecule has 0 aliphatic heterocycles. The quantitative estimate of drug-likeness (QED) is 0.577. The molecule has 1 radical (unpaired) electrons. The zero-order valence-electron chi connectivity index (χ0n) is 6.60. The van der Waals surface area contributed by atoms with Gasteiger partial charge in [-0.05, 0) is 13.8 Å². The van der Waals surface area contributed by atoms with Crippen LogP contribution in [-0.2, 0) is 9.47 Å². The highest BCUT2D eigenvalue weighted by atomic mass is 16.5. The van der Waals surface area contributed by atoms with Crippen LogP contribution in [0, 0.1) is 6.10 Å². The molecule has 0 saturated heterocycles. The summed E-state index contributed by atoms with van der Waals surface area (Å²) in [5.41, 5.74) is 0. The third-order valence-corrected chi connectivity index (χ3v) is 1.33. The third-order valence-electron chi connectivity index (χ3n) is 1.33. The molecule has 1 atom stereocenters. The third kappa shape index (κ3) is 4.43. The summed E-state index contributed by atoms with van der Waals surface area (Å²) >= 11 is 0. The molecular weight excluding hydrogens is 116 g/mol. The van der Waals surface area contributed by atoms with E-state index in [-0.39, 0.29) is 6.10 Å². The highest BCUT2D eigenvalue weighted by Crippen LogP contribution is 2.09. The van der Waals surface area contributed by atoms with Crippen LogP contribution in [0.5, 0.6) is 0 Å². The van der Waals surface area contributed by atoms with Crippen LogP contribution in [-0.4, -0.2) is 20.3 Å². The van der Waals surface area contributed by atoms with Gasteiger partial charge >= 0.3 is 0 Å². The predicted octanol–water partition coefficient (Wildman–Crippen LogP) is 1.61. The molecule has 0 heterocycles. The van der Waals surface area contributed by atoms with E-state index in [0.29, 0.717) is 0 Å². The lowest BCUT2D eigenvalue weighted by atomic mass is 10.2. The summed E-state index contributed by atoms with van der Waals surface area (Å²) in [5.74, 6) is 0. The Morgan fingerprint density at radius 2 is 2.00 bits per heavy atom. The summed E-state index contributed by atoms with van der Waals surface area (Å²) in [6.45, 7) is 3.97. The summed E-state index contributed by atoms with van der Waals surface area (Å²) in [7, 11) is 3.38. The Kier molecular flexibility index (Phi) is 4.72. The maximum atomic E-state index is 5.02. The van der Waals surface area contributed by atoms with Gasteiger partial charge in [0.25, 0.3) is 0 Å². The SMILES string of the molecule is CO[C](C)CC(C)OC. The summed E-state index contributed by atoms with van der Waals surface area (Å²) < 4.78 is 9.98. The Morgan fingerprint density at radius 3 is 2.33 bits per heavy atom. The minimum atomic E-state index is 0.268. The van der Waals surface area contributed by atoms with Crippen LogP contribution in [0.1, 0.15) is 20.3 Å². The Labute approximate surface area is 57.2 Å². The van der Waals surface area contributed by atoms with Crippen molar-refractivity contribution in [2.45, 2.75) is 26.4 Å². The number of hydrogen-bond acceptors (Lipinski definition) is 2. The van der Waals surface area contributed by atoms with Gasteiger partial charge in [-0.1, -0.05) is 0 Å². The molecule has 0 fully saturated rings. The van der Waals surface area contributed by atoms with Crippen LogP contribution in [0.25, 0.3) is 0 Å². The van der Waals surface area contributed by atoms with Gasteiger partial charge < -0.3 is 9.47 Å². The molecule has 0 aromatic heterocycles. The topological polar surface area (TPSA) is 18.5 Å². The second-order valence-electron chi connectivity index (χ2n) is 2.16. The first kappa shape index (κ1) is 8.92. The molecule has 2 nitrogen and oxygen atoms in total. The van der Waals surface area contributed by atoms with Crippen molar-refractivity contribution in [3.05, 3.63) is 6.10 Å². The van der Waals surface area contributed by atoms with Gasteiger partial charge in [-0.15, -0.1) is 0 Å². The maximum absolute atomic E-state index is 5.02. The van der Waals surface area contributed by atoms with E-state index in [9.17, 15) is 0 Å². The number of hydrogen-bond donors (Lipinski definition) is 0. The molecule has 55 valence electrons. The van der Waals surface area contributed by atoms with E-state index in [1.807, 2.05) is 13.8 Å². The van der Waals surface area contributed by atoms with Crippen molar-refractivity contribution in [2.75, 3.05) is 14.2 Å². The minimum absolute atomic E-state index is 0.268. The molecule has 0 aromatic carbocycles. The standard InChI is InChI=1S/C7H15O2/c1-6(8-3)5-7(2)9-4/h6H,5H2,1-4H3. The number of ether oxygens (including phenoxy) is 2. The zero-order chi connectivity index (χ0) is 7.28. The molecule has 0 spiro atoms. The Balaban J connectivity index is 3.22. The predicted molar refractivity (Wildman–Crippen MR) is 37.0 cm³/mol. The van der Waals surface area contributed by atoms with Crippen molar-refractivity contribution in [2.24, 2.45) is 0 Å². The summed E-state index contributed by atoms with van der Waals surface area (Å²) in [5, 5.41) is 0. The summed E-state index contributed by atoms with van der Waals surface area (Å²) in [6.07, 6.45) is 2.17. The van der Waals surface area contributed by atoms with E-state index in [4.69, 9.17) is 9.47 Å². The van der Waals surface area contributed by atoms with Crippen molar-refractivity contribution in [3.63, 3.8) is 0 Å². The van der Waals surface area contributed by atoms with Crippen LogP contribution in [0.3, 0.4) is 0 Å². The molecule has 9 heavy (non-hydrogen) atoms. The molecule has 0 aliphatic rings. The fourth-order valence-corrected chi connectivity index (χ4v) is 0.571. The molecule has 1 unspecified atom stereocenters. The molecule has 0 saturated carbocycles. The lowest BCUT2D eigenvalue weighted by Crippen LogP contribution is -2.09. The van der Waals surface area contributed by atoms with E-state index < -0.39 is 0 Å². The second-order valence-corrected chi connectivity index (χ2v) is 2.16. The average molecular weight is 131 g/mol. The lowest BCUT2D eigenvalue weighted by molar-refractivity contribution is 0.0835. The summed E-state index contributed by atoms with van der Waals surface area (Å²) in [4.78, 5) is 0. The van der Waals surface area contributed by atoms with Crippen molar-refractivity contribution in [3.8, 4) is 0 Å². The Morgan fingerprint density at radius 1 is 1.44 bits per heavy atom. The molecule has 0 aliphatic carbocycles. The van der Waals surface area contributed by atoms with Crippen molar-refractivity contribution < 1.29 is 9.47 Å². The molecule has 0 aromatic rings. The van der Waals surface area contributed by atoms with Crippen molar-refractivity contribution in [1.29, 1.82) is 0 Å². The Hall–Kier alpha value is -0.0800.